The maximum absolute atomic E-state index is 5.69. The molecule has 0 radical (unpaired) electrons. The van der Waals surface area contributed by atoms with Gasteiger partial charge in [0.1, 0.15) is 12.4 Å². The van der Waals surface area contributed by atoms with Crippen LogP contribution in [-0.4, -0.2) is 152 Å². The third kappa shape index (κ3) is 43.7. The topological polar surface area (TPSA) is 111 Å². The molecule has 0 atom stereocenters. The van der Waals surface area contributed by atoms with Crippen molar-refractivity contribution < 1.29 is 56.8 Å². The molecule has 0 N–H and O–H groups in total. The molecule has 330 valence electrons. The largest absolute Gasteiger partial charge is 0.491 e. The Balaban J connectivity index is 1.59. The summed E-state index contributed by atoms with van der Waals surface area (Å²) in [5.74, 6) is 0.847. The van der Waals surface area contributed by atoms with Crippen LogP contribution in [0, 0.1) is 0 Å². The molecule has 0 spiro atoms. The first kappa shape index (κ1) is 52.6. The fraction of sp³-hybridized carbons (Fsp3) is 0.864. The molecule has 0 aliphatic rings. The molecule has 12 nitrogen and oxygen atoms in total. The Morgan fingerprint density at radius 2 is 0.482 bits per heavy atom. The standard InChI is InChI=1S/C44H82O12/c1-2-3-4-5-6-7-8-9-10-11-12-13-14-18-21-45-22-23-46-24-25-47-26-27-48-28-29-49-30-31-50-32-33-51-34-35-52-36-37-53-38-39-54-40-41-55-42-43-56-44-19-16-15-17-20-44/h15-17,19-20H,2-14,18,21-43H2,1H3. The number of hydrogen-bond acceptors (Lipinski definition) is 12. The average molecular weight is 803 g/mol. The van der Waals surface area contributed by atoms with Gasteiger partial charge >= 0.3 is 0 Å². The lowest BCUT2D eigenvalue weighted by Crippen LogP contribution is -2.15. The third-order valence-corrected chi connectivity index (χ3v) is 8.60. The number of hydrogen-bond donors (Lipinski definition) is 0. The summed E-state index contributed by atoms with van der Waals surface area (Å²) in [5.41, 5.74) is 0. The van der Waals surface area contributed by atoms with E-state index < -0.39 is 0 Å². The fourth-order valence-corrected chi connectivity index (χ4v) is 5.44. The van der Waals surface area contributed by atoms with Crippen molar-refractivity contribution in [2.45, 2.75) is 96.8 Å². The second-order valence-corrected chi connectivity index (χ2v) is 13.5. The summed E-state index contributed by atoms with van der Waals surface area (Å²) in [5, 5.41) is 0. The monoisotopic (exact) mass is 803 g/mol. The second-order valence-electron chi connectivity index (χ2n) is 13.5. The van der Waals surface area contributed by atoms with Gasteiger partial charge in [0.05, 0.1) is 139 Å². The lowest BCUT2D eigenvalue weighted by Gasteiger charge is -2.09. The Hall–Kier alpha value is -1.42. The fourth-order valence-electron chi connectivity index (χ4n) is 5.44. The van der Waals surface area contributed by atoms with E-state index in [1.165, 1.54) is 83.5 Å². The van der Waals surface area contributed by atoms with Gasteiger partial charge in [-0.05, 0) is 18.6 Å². The zero-order valence-corrected chi connectivity index (χ0v) is 35.4. The molecule has 0 saturated heterocycles. The Morgan fingerprint density at radius 3 is 0.768 bits per heavy atom. The van der Waals surface area contributed by atoms with Crippen LogP contribution in [0.2, 0.25) is 0 Å². The molecule has 0 heterocycles. The lowest BCUT2D eigenvalue weighted by molar-refractivity contribution is -0.0277. The molecule has 0 aromatic heterocycles. The molecule has 1 aromatic carbocycles. The lowest BCUT2D eigenvalue weighted by atomic mass is 10.0. The van der Waals surface area contributed by atoms with Crippen LogP contribution in [0.25, 0.3) is 0 Å². The van der Waals surface area contributed by atoms with E-state index in [1.807, 2.05) is 30.3 Å². The van der Waals surface area contributed by atoms with Crippen LogP contribution in [0.15, 0.2) is 30.3 Å². The minimum Gasteiger partial charge on any atom is -0.491 e. The highest BCUT2D eigenvalue weighted by Crippen LogP contribution is 2.13. The minimum atomic E-state index is 0.516. The molecule has 0 bridgehead atoms. The van der Waals surface area contributed by atoms with E-state index in [1.54, 1.807) is 0 Å². The molecule has 0 saturated carbocycles. The Morgan fingerprint density at radius 1 is 0.250 bits per heavy atom. The Kier molecular flexibility index (Phi) is 45.0. The van der Waals surface area contributed by atoms with Crippen LogP contribution in [0.3, 0.4) is 0 Å². The number of benzene rings is 1. The van der Waals surface area contributed by atoms with Crippen LogP contribution in [0.4, 0.5) is 0 Å². The summed E-state index contributed by atoms with van der Waals surface area (Å²) in [4.78, 5) is 0. The molecule has 0 fully saturated rings. The number of rotatable bonds is 49. The van der Waals surface area contributed by atoms with E-state index in [2.05, 4.69) is 6.92 Å². The smallest absolute Gasteiger partial charge is 0.119 e. The quantitative estimate of drug-likeness (QED) is 0.0602. The summed E-state index contributed by atoms with van der Waals surface area (Å²) in [6.45, 7) is 14.9. The molecule has 1 rings (SSSR count). The number of unbranched alkanes of at least 4 members (excludes halogenated alkanes) is 13. The van der Waals surface area contributed by atoms with Gasteiger partial charge in [-0.15, -0.1) is 0 Å². The molecular weight excluding hydrogens is 720 g/mol. The van der Waals surface area contributed by atoms with E-state index in [4.69, 9.17) is 56.8 Å². The van der Waals surface area contributed by atoms with E-state index in [0.29, 0.717) is 145 Å². The zero-order valence-electron chi connectivity index (χ0n) is 35.4. The summed E-state index contributed by atoms with van der Waals surface area (Å²) >= 11 is 0. The highest BCUT2D eigenvalue weighted by atomic mass is 16.6. The first-order valence-electron chi connectivity index (χ1n) is 22.0. The van der Waals surface area contributed by atoms with Gasteiger partial charge in [0, 0.05) is 6.61 Å². The average Bonchev–Trinajstić information content (AvgIpc) is 3.22. The van der Waals surface area contributed by atoms with Crippen molar-refractivity contribution in [1.29, 1.82) is 0 Å². The van der Waals surface area contributed by atoms with Gasteiger partial charge in [0.25, 0.3) is 0 Å². The number of para-hydroxylation sites is 1. The van der Waals surface area contributed by atoms with Crippen molar-refractivity contribution in [2.75, 3.05) is 152 Å². The van der Waals surface area contributed by atoms with Gasteiger partial charge in [-0.25, -0.2) is 0 Å². The molecule has 0 amide bonds. The van der Waals surface area contributed by atoms with Crippen molar-refractivity contribution in [3.05, 3.63) is 30.3 Å². The SMILES string of the molecule is CCCCCCCCCCCCCCCCOCCOCCOCCOCCOCCOCCOCCOCCOCCOCCOCCOc1ccccc1. The van der Waals surface area contributed by atoms with Crippen molar-refractivity contribution in [2.24, 2.45) is 0 Å². The van der Waals surface area contributed by atoms with Crippen LogP contribution in [-0.2, 0) is 52.1 Å². The molecule has 0 aliphatic heterocycles. The van der Waals surface area contributed by atoms with Gasteiger partial charge in [-0.3, -0.25) is 0 Å². The van der Waals surface area contributed by atoms with E-state index in [9.17, 15) is 0 Å². The number of ether oxygens (including phenoxy) is 12. The molecular formula is C44H82O12. The third-order valence-electron chi connectivity index (χ3n) is 8.60. The van der Waals surface area contributed by atoms with Gasteiger partial charge in [0.2, 0.25) is 0 Å². The van der Waals surface area contributed by atoms with E-state index in [0.717, 1.165) is 18.8 Å². The van der Waals surface area contributed by atoms with Crippen molar-refractivity contribution in [3.63, 3.8) is 0 Å². The molecule has 56 heavy (non-hydrogen) atoms. The second kappa shape index (κ2) is 48.0. The normalized spacial score (nSPS) is 11.5. The van der Waals surface area contributed by atoms with Gasteiger partial charge in [-0.1, -0.05) is 109 Å². The molecule has 12 heteroatoms. The molecule has 1 aromatic rings. The predicted octanol–water partition coefficient (Wildman–Crippen LogP) is 7.73. The summed E-state index contributed by atoms with van der Waals surface area (Å²) in [7, 11) is 0. The van der Waals surface area contributed by atoms with Gasteiger partial charge in [0.15, 0.2) is 0 Å². The summed E-state index contributed by atoms with van der Waals surface area (Å²) in [6, 6.07) is 9.69. The van der Waals surface area contributed by atoms with E-state index >= 15 is 0 Å². The molecule has 0 unspecified atom stereocenters. The van der Waals surface area contributed by atoms with Gasteiger partial charge in [-0.2, -0.15) is 0 Å². The van der Waals surface area contributed by atoms with Crippen LogP contribution in [0.5, 0.6) is 5.75 Å². The maximum atomic E-state index is 5.69. The highest BCUT2D eigenvalue weighted by molar-refractivity contribution is 5.20. The van der Waals surface area contributed by atoms with Crippen LogP contribution in [0.1, 0.15) is 96.8 Å². The maximum Gasteiger partial charge on any atom is 0.119 e. The van der Waals surface area contributed by atoms with Crippen LogP contribution >= 0.6 is 0 Å². The van der Waals surface area contributed by atoms with E-state index in [-0.39, 0.29) is 0 Å². The van der Waals surface area contributed by atoms with Crippen molar-refractivity contribution >= 4 is 0 Å². The van der Waals surface area contributed by atoms with Crippen LogP contribution < -0.4 is 4.74 Å². The van der Waals surface area contributed by atoms with Crippen molar-refractivity contribution in [1.82, 2.24) is 0 Å². The van der Waals surface area contributed by atoms with Gasteiger partial charge < -0.3 is 56.8 Å². The predicted molar refractivity (Wildman–Crippen MR) is 221 cm³/mol. The summed E-state index contributed by atoms with van der Waals surface area (Å²) < 4.78 is 66.5. The highest BCUT2D eigenvalue weighted by Gasteiger charge is 1.98. The van der Waals surface area contributed by atoms with Crippen molar-refractivity contribution in [3.8, 4) is 5.75 Å². The Labute approximate surface area is 341 Å². The zero-order chi connectivity index (χ0) is 39.8. The molecule has 0 aliphatic carbocycles. The Bertz CT molecular complexity index is 837. The summed E-state index contributed by atoms with van der Waals surface area (Å²) in [6.07, 6.45) is 19.2. The first-order valence-corrected chi connectivity index (χ1v) is 22.0. The minimum absolute atomic E-state index is 0.516. The first-order chi connectivity index (χ1) is 27.9.